The van der Waals surface area contributed by atoms with Gasteiger partial charge in [0, 0.05) is 31.9 Å². The van der Waals surface area contributed by atoms with Crippen LogP contribution in [0.25, 0.3) is 0 Å². The molecule has 0 saturated carbocycles. The van der Waals surface area contributed by atoms with Crippen molar-refractivity contribution in [2.24, 2.45) is 5.92 Å². The summed E-state index contributed by atoms with van der Waals surface area (Å²) in [6.45, 7) is 5.81. The van der Waals surface area contributed by atoms with Crippen LogP contribution >= 0.6 is 0 Å². The fraction of sp³-hybridized carbons (Fsp3) is 0.533. The molecule has 1 aromatic rings. The highest BCUT2D eigenvalue weighted by Crippen LogP contribution is 2.23. The average Bonchev–Trinajstić information content (AvgIpc) is 2.49. The van der Waals surface area contributed by atoms with Gasteiger partial charge in [0.05, 0.1) is 17.6 Å². The van der Waals surface area contributed by atoms with Gasteiger partial charge in [-0.2, -0.15) is 0 Å². The van der Waals surface area contributed by atoms with Crippen molar-refractivity contribution in [2.75, 3.05) is 26.9 Å². The molecule has 0 aromatic heterocycles. The maximum atomic E-state index is 12.1. The number of amides is 1. The molecule has 1 amide bonds. The summed E-state index contributed by atoms with van der Waals surface area (Å²) in [6.07, 6.45) is 0.676. The van der Waals surface area contributed by atoms with Gasteiger partial charge in [0.25, 0.3) is 11.6 Å². The first kappa shape index (κ1) is 17.9. The number of ether oxygens (including phenoxy) is 2. The van der Waals surface area contributed by atoms with E-state index in [4.69, 9.17) is 9.47 Å². The Morgan fingerprint density at radius 1 is 1.41 bits per heavy atom. The highest BCUT2D eigenvalue weighted by molar-refractivity contribution is 5.97. The van der Waals surface area contributed by atoms with Crippen LogP contribution in [0.2, 0.25) is 0 Å². The number of hydrogen-bond donors (Lipinski definition) is 1. The molecule has 1 N–H and O–H groups in total. The van der Waals surface area contributed by atoms with Gasteiger partial charge in [-0.3, -0.25) is 14.9 Å². The summed E-state index contributed by atoms with van der Waals surface area (Å²) in [5.41, 5.74) is 0.00557. The summed E-state index contributed by atoms with van der Waals surface area (Å²) in [7, 11) is 1.41. The molecule has 0 atom stereocenters. The number of carbonyl (C=O) groups is 1. The molecule has 7 nitrogen and oxygen atoms in total. The van der Waals surface area contributed by atoms with Crippen LogP contribution < -0.4 is 10.1 Å². The summed E-state index contributed by atoms with van der Waals surface area (Å²) in [4.78, 5) is 22.3. The van der Waals surface area contributed by atoms with Gasteiger partial charge in [0.15, 0.2) is 0 Å². The van der Waals surface area contributed by atoms with Crippen LogP contribution in [0.15, 0.2) is 18.2 Å². The number of carbonyl (C=O) groups excluding carboxylic acids is 1. The highest BCUT2D eigenvalue weighted by atomic mass is 16.6. The Kier molecular flexibility index (Phi) is 7.31. The molecule has 22 heavy (non-hydrogen) atoms. The second kappa shape index (κ2) is 8.99. The smallest absolute Gasteiger partial charge is 0.270 e. The zero-order valence-corrected chi connectivity index (χ0v) is 13.1. The third-order valence-corrected chi connectivity index (χ3v) is 2.84. The van der Waals surface area contributed by atoms with Gasteiger partial charge < -0.3 is 14.8 Å². The molecule has 0 saturated heterocycles. The number of methoxy groups -OCH3 is 1. The van der Waals surface area contributed by atoms with Crippen LogP contribution in [0.4, 0.5) is 5.69 Å². The van der Waals surface area contributed by atoms with Crippen LogP contribution in [0.5, 0.6) is 5.75 Å². The van der Waals surface area contributed by atoms with Gasteiger partial charge in [-0.1, -0.05) is 13.8 Å². The molecular weight excluding hydrogens is 288 g/mol. The third kappa shape index (κ3) is 5.69. The third-order valence-electron chi connectivity index (χ3n) is 2.84. The Labute approximate surface area is 129 Å². The van der Waals surface area contributed by atoms with Crippen LogP contribution in [0.1, 0.15) is 30.6 Å². The number of nitro groups is 1. The largest absolute Gasteiger partial charge is 0.496 e. The van der Waals surface area contributed by atoms with Crippen LogP contribution in [-0.4, -0.2) is 37.7 Å². The molecular formula is C15H22N2O5. The molecule has 0 spiro atoms. The molecule has 0 bridgehead atoms. The van der Waals surface area contributed by atoms with E-state index in [-0.39, 0.29) is 11.3 Å². The fourth-order valence-corrected chi connectivity index (χ4v) is 1.78. The van der Waals surface area contributed by atoms with Gasteiger partial charge in [-0.05, 0) is 18.4 Å². The Bertz CT molecular complexity index is 517. The zero-order chi connectivity index (χ0) is 16.5. The second-order valence-electron chi connectivity index (χ2n) is 5.22. The number of hydrogen-bond acceptors (Lipinski definition) is 5. The highest BCUT2D eigenvalue weighted by Gasteiger charge is 2.17. The zero-order valence-electron chi connectivity index (χ0n) is 13.1. The molecule has 0 aliphatic heterocycles. The molecule has 122 valence electrons. The molecule has 0 fully saturated rings. The summed E-state index contributed by atoms with van der Waals surface area (Å²) in [6, 6.07) is 3.93. The van der Waals surface area contributed by atoms with Gasteiger partial charge in [-0.25, -0.2) is 0 Å². The van der Waals surface area contributed by atoms with E-state index in [0.717, 1.165) is 0 Å². The maximum absolute atomic E-state index is 12.1. The summed E-state index contributed by atoms with van der Waals surface area (Å²) in [5, 5.41) is 13.5. The van der Waals surface area contributed by atoms with E-state index in [1.54, 1.807) is 0 Å². The van der Waals surface area contributed by atoms with Gasteiger partial charge in [-0.15, -0.1) is 0 Å². The van der Waals surface area contributed by atoms with E-state index in [9.17, 15) is 14.9 Å². The van der Waals surface area contributed by atoms with E-state index in [0.29, 0.717) is 37.8 Å². The van der Waals surface area contributed by atoms with Crippen LogP contribution in [-0.2, 0) is 4.74 Å². The Morgan fingerprint density at radius 3 is 2.73 bits per heavy atom. The molecule has 0 unspecified atom stereocenters. The van der Waals surface area contributed by atoms with Crippen molar-refractivity contribution < 1.29 is 19.2 Å². The number of rotatable bonds is 9. The van der Waals surface area contributed by atoms with E-state index < -0.39 is 10.8 Å². The Balaban J connectivity index is 2.54. The van der Waals surface area contributed by atoms with Crippen molar-refractivity contribution in [1.82, 2.24) is 5.32 Å². The number of benzene rings is 1. The monoisotopic (exact) mass is 310 g/mol. The first-order valence-electron chi connectivity index (χ1n) is 7.14. The number of nitrogens with one attached hydrogen (secondary N) is 1. The van der Waals surface area contributed by atoms with E-state index in [1.165, 1.54) is 25.3 Å². The first-order chi connectivity index (χ1) is 10.5. The average molecular weight is 310 g/mol. The minimum absolute atomic E-state index is 0.147. The molecule has 0 heterocycles. The number of nitro benzene ring substituents is 1. The lowest BCUT2D eigenvalue weighted by molar-refractivity contribution is -0.384. The van der Waals surface area contributed by atoms with E-state index in [2.05, 4.69) is 19.2 Å². The molecule has 0 aliphatic rings. The Morgan fingerprint density at radius 2 is 2.14 bits per heavy atom. The van der Waals surface area contributed by atoms with Gasteiger partial charge >= 0.3 is 0 Å². The molecule has 0 aliphatic carbocycles. The molecule has 0 radical (unpaired) electrons. The van der Waals surface area contributed by atoms with Crippen LogP contribution in [0.3, 0.4) is 0 Å². The van der Waals surface area contributed by atoms with Crippen LogP contribution in [0, 0.1) is 16.0 Å². The van der Waals surface area contributed by atoms with Gasteiger partial charge in [0.2, 0.25) is 0 Å². The summed E-state index contributed by atoms with van der Waals surface area (Å²) in [5.74, 6) is 0.382. The quantitative estimate of drug-likeness (QED) is 0.429. The SMILES string of the molecule is COc1ccc([N+](=O)[O-])cc1C(=O)NCCCOCC(C)C. The fourth-order valence-electron chi connectivity index (χ4n) is 1.78. The predicted octanol–water partition coefficient (Wildman–Crippen LogP) is 2.40. The molecule has 1 aromatic carbocycles. The lowest BCUT2D eigenvalue weighted by atomic mass is 10.1. The first-order valence-corrected chi connectivity index (χ1v) is 7.14. The van der Waals surface area contributed by atoms with Crippen molar-refractivity contribution in [3.8, 4) is 5.75 Å². The minimum atomic E-state index is -0.546. The van der Waals surface area contributed by atoms with Crippen molar-refractivity contribution in [2.45, 2.75) is 20.3 Å². The number of non-ortho nitro benzene ring substituents is 1. The van der Waals surface area contributed by atoms with E-state index >= 15 is 0 Å². The van der Waals surface area contributed by atoms with Crippen molar-refractivity contribution >= 4 is 11.6 Å². The second-order valence-corrected chi connectivity index (χ2v) is 5.22. The molecule has 7 heteroatoms. The lowest BCUT2D eigenvalue weighted by Gasteiger charge is -2.10. The maximum Gasteiger partial charge on any atom is 0.270 e. The van der Waals surface area contributed by atoms with Gasteiger partial charge in [0.1, 0.15) is 5.75 Å². The normalized spacial score (nSPS) is 10.5. The van der Waals surface area contributed by atoms with Crippen molar-refractivity contribution in [3.63, 3.8) is 0 Å². The summed E-state index contributed by atoms with van der Waals surface area (Å²) < 4.78 is 10.5. The van der Waals surface area contributed by atoms with E-state index in [1.807, 2.05) is 0 Å². The lowest BCUT2D eigenvalue weighted by Crippen LogP contribution is -2.26. The van der Waals surface area contributed by atoms with Crippen molar-refractivity contribution in [1.29, 1.82) is 0 Å². The summed E-state index contributed by atoms with van der Waals surface area (Å²) >= 11 is 0. The predicted molar refractivity (Wildman–Crippen MR) is 82.3 cm³/mol. The van der Waals surface area contributed by atoms with Crippen molar-refractivity contribution in [3.05, 3.63) is 33.9 Å². The molecule has 1 rings (SSSR count). The number of nitrogens with zero attached hydrogens (tertiary/aromatic N) is 1. The standard InChI is InChI=1S/C15H22N2O5/c1-11(2)10-22-8-4-7-16-15(18)13-9-12(17(19)20)5-6-14(13)21-3/h5-6,9,11H,4,7-8,10H2,1-3H3,(H,16,18). The topological polar surface area (TPSA) is 90.7 Å². The minimum Gasteiger partial charge on any atom is -0.496 e. The Hall–Kier alpha value is -2.15.